The average molecular weight is 266 g/mol. The van der Waals surface area contributed by atoms with Crippen LogP contribution in [0.4, 0.5) is 0 Å². The molecule has 0 amide bonds. The van der Waals surface area contributed by atoms with E-state index in [-0.39, 0.29) is 0 Å². The van der Waals surface area contributed by atoms with E-state index >= 15 is 0 Å². The minimum Gasteiger partial charge on any atom is -0.469 e. The minimum atomic E-state index is 0.320. The molecule has 1 atom stereocenters. The molecule has 3 heterocycles. The molecule has 1 aliphatic heterocycles. The van der Waals surface area contributed by atoms with Gasteiger partial charge in [0.1, 0.15) is 5.76 Å². The maximum atomic E-state index is 5.59. The molecule has 6 heteroatoms. The molecule has 96 valence electrons. The van der Waals surface area contributed by atoms with Gasteiger partial charge in [-0.1, -0.05) is 11.8 Å². The van der Waals surface area contributed by atoms with Gasteiger partial charge in [-0.05, 0) is 25.8 Å². The zero-order valence-electron chi connectivity index (χ0n) is 10.1. The fourth-order valence-corrected chi connectivity index (χ4v) is 2.75. The van der Waals surface area contributed by atoms with E-state index in [2.05, 4.69) is 10.2 Å². The molecule has 1 fully saturated rings. The standard InChI is InChI=1S/C12H14N2O3S/c1-8-10(4-6-15-8)11-13-14-12(17-11)18-7-9-3-2-5-16-9/h4,6,9H,2-3,5,7H2,1H3. The lowest BCUT2D eigenvalue weighted by Crippen LogP contribution is -2.07. The van der Waals surface area contributed by atoms with Gasteiger partial charge in [0.15, 0.2) is 0 Å². The fraction of sp³-hybridized carbons (Fsp3) is 0.500. The van der Waals surface area contributed by atoms with Gasteiger partial charge in [-0.3, -0.25) is 0 Å². The molecule has 2 aromatic heterocycles. The van der Waals surface area contributed by atoms with E-state index in [0.717, 1.165) is 36.5 Å². The zero-order valence-corrected chi connectivity index (χ0v) is 10.9. The summed E-state index contributed by atoms with van der Waals surface area (Å²) in [4.78, 5) is 0. The number of rotatable bonds is 4. The van der Waals surface area contributed by atoms with Gasteiger partial charge in [-0.25, -0.2) is 0 Å². The number of hydrogen-bond acceptors (Lipinski definition) is 6. The molecule has 0 aromatic carbocycles. The Labute approximate surface area is 109 Å². The molecule has 1 unspecified atom stereocenters. The smallest absolute Gasteiger partial charge is 0.276 e. The van der Waals surface area contributed by atoms with Crippen LogP contribution in [-0.2, 0) is 4.74 Å². The zero-order chi connectivity index (χ0) is 12.4. The molecule has 18 heavy (non-hydrogen) atoms. The van der Waals surface area contributed by atoms with Crippen LogP contribution in [0.2, 0.25) is 0 Å². The molecular weight excluding hydrogens is 252 g/mol. The van der Waals surface area contributed by atoms with Crippen molar-refractivity contribution in [3.8, 4) is 11.5 Å². The van der Waals surface area contributed by atoms with Crippen molar-refractivity contribution in [2.45, 2.75) is 31.1 Å². The molecule has 1 saturated heterocycles. The summed E-state index contributed by atoms with van der Waals surface area (Å²) >= 11 is 1.55. The molecule has 1 aliphatic rings. The average Bonchev–Trinajstić information content (AvgIpc) is 3.07. The highest BCUT2D eigenvalue weighted by molar-refractivity contribution is 7.99. The van der Waals surface area contributed by atoms with Crippen LogP contribution < -0.4 is 0 Å². The summed E-state index contributed by atoms with van der Waals surface area (Å²) in [6, 6.07) is 1.83. The van der Waals surface area contributed by atoms with Crippen LogP contribution in [0.3, 0.4) is 0 Å². The third-order valence-electron chi connectivity index (χ3n) is 2.91. The Morgan fingerprint density at radius 1 is 1.44 bits per heavy atom. The Balaban J connectivity index is 1.64. The quantitative estimate of drug-likeness (QED) is 0.793. The van der Waals surface area contributed by atoms with Crippen molar-refractivity contribution in [1.29, 1.82) is 0 Å². The van der Waals surface area contributed by atoms with Crippen LogP contribution in [0.25, 0.3) is 11.5 Å². The topological polar surface area (TPSA) is 61.3 Å². The molecule has 0 aliphatic carbocycles. The SMILES string of the molecule is Cc1occc1-c1nnc(SCC2CCCO2)o1. The molecule has 0 N–H and O–H groups in total. The van der Waals surface area contributed by atoms with E-state index in [1.54, 1.807) is 18.0 Å². The molecule has 2 aromatic rings. The second kappa shape index (κ2) is 5.16. The van der Waals surface area contributed by atoms with Gasteiger partial charge in [0.2, 0.25) is 0 Å². The number of aryl methyl sites for hydroxylation is 1. The first kappa shape index (κ1) is 11.8. The largest absolute Gasteiger partial charge is 0.469 e. The van der Waals surface area contributed by atoms with Crippen molar-refractivity contribution in [2.24, 2.45) is 0 Å². The molecule has 3 rings (SSSR count). The van der Waals surface area contributed by atoms with Gasteiger partial charge in [0.05, 0.1) is 17.9 Å². The van der Waals surface area contributed by atoms with E-state index in [4.69, 9.17) is 13.6 Å². The third-order valence-corrected chi connectivity index (χ3v) is 3.86. The van der Waals surface area contributed by atoms with E-state index in [1.807, 2.05) is 13.0 Å². The van der Waals surface area contributed by atoms with Gasteiger partial charge in [-0.2, -0.15) is 0 Å². The van der Waals surface area contributed by atoms with Gasteiger partial charge in [-0.15, -0.1) is 10.2 Å². The Bertz CT molecular complexity index is 517. The number of nitrogens with zero attached hydrogens (tertiary/aromatic N) is 2. The van der Waals surface area contributed by atoms with Crippen molar-refractivity contribution >= 4 is 11.8 Å². The van der Waals surface area contributed by atoms with E-state index in [1.165, 1.54) is 0 Å². The number of thioether (sulfide) groups is 1. The lowest BCUT2D eigenvalue weighted by Gasteiger charge is -2.05. The number of furan rings is 1. The fourth-order valence-electron chi connectivity index (χ4n) is 1.92. The number of aromatic nitrogens is 2. The first-order valence-corrected chi connectivity index (χ1v) is 6.94. The van der Waals surface area contributed by atoms with Gasteiger partial charge >= 0.3 is 0 Å². The Hall–Kier alpha value is -1.27. The van der Waals surface area contributed by atoms with E-state index in [9.17, 15) is 0 Å². The molecule has 0 bridgehead atoms. The summed E-state index contributed by atoms with van der Waals surface area (Å²) in [6.07, 6.45) is 4.21. The van der Waals surface area contributed by atoms with Crippen LogP contribution >= 0.6 is 11.8 Å². The molecule has 0 spiro atoms. The van der Waals surface area contributed by atoms with Crippen molar-refractivity contribution < 1.29 is 13.6 Å². The predicted molar refractivity (Wildman–Crippen MR) is 66.4 cm³/mol. The normalized spacial score (nSPS) is 19.5. The maximum absolute atomic E-state index is 5.59. The third kappa shape index (κ3) is 2.44. The summed E-state index contributed by atoms with van der Waals surface area (Å²) in [5.74, 6) is 2.16. The summed E-state index contributed by atoms with van der Waals surface area (Å²) < 4.78 is 16.4. The molecule has 5 nitrogen and oxygen atoms in total. The lowest BCUT2D eigenvalue weighted by atomic mass is 10.3. The lowest BCUT2D eigenvalue weighted by molar-refractivity contribution is 0.128. The number of ether oxygens (including phenoxy) is 1. The predicted octanol–water partition coefficient (Wildman–Crippen LogP) is 2.91. The van der Waals surface area contributed by atoms with Crippen LogP contribution in [0.15, 0.2) is 26.4 Å². The molecular formula is C12H14N2O3S. The van der Waals surface area contributed by atoms with Gasteiger partial charge in [0.25, 0.3) is 11.1 Å². The maximum Gasteiger partial charge on any atom is 0.276 e. The summed E-state index contributed by atoms with van der Waals surface area (Å²) in [6.45, 7) is 2.74. The Kier molecular flexibility index (Phi) is 3.38. The molecule has 0 saturated carbocycles. The van der Waals surface area contributed by atoms with Crippen LogP contribution in [0.1, 0.15) is 18.6 Å². The highest BCUT2D eigenvalue weighted by Gasteiger charge is 2.18. The molecule has 0 radical (unpaired) electrons. The first-order valence-electron chi connectivity index (χ1n) is 5.95. The van der Waals surface area contributed by atoms with E-state index < -0.39 is 0 Å². The van der Waals surface area contributed by atoms with E-state index in [0.29, 0.717) is 17.2 Å². The Morgan fingerprint density at radius 3 is 3.11 bits per heavy atom. The second-order valence-corrected chi connectivity index (χ2v) is 5.18. The second-order valence-electron chi connectivity index (χ2n) is 4.21. The van der Waals surface area contributed by atoms with Crippen molar-refractivity contribution in [1.82, 2.24) is 10.2 Å². The van der Waals surface area contributed by atoms with Gasteiger partial charge < -0.3 is 13.6 Å². The summed E-state index contributed by atoms with van der Waals surface area (Å²) in [7, 11) is 0. The minimum absolute atomic E-state index is 0.320. The van der Waals surface area contributed by atoms with Crippen molar-refractivity contribution in [2.75, 3.05) is 12.4 Å². The van der Waals surface area contributed by atoms with Crippen LogP contribution in [0, 0.1) is 6.92 Å². The summed E-state index contributed by atoms with van der Waals surface area (Å²) in [5, 5.41) is 8.63. The van der Waals surface area contributed by atoms with Crippen LogP contribution in [0.5, 0.6) is 0 Å². The highest BCUT2D eigenvalue weighted by atomic mass is 32.2. The van der Waals surface area contributed by atoms with Crippen molar-refractivity contribution in [3.05, 3.63) is 18.1 Å². The van der Waals surface area contributed by atoms with Crippen LogP contribution in [-0.4, -0.2) is 28.7 Å². The van der Waals surface area contributed by atoms with Gasteiger partial charge in [0, 0.05) is 12.4 Å². The summed E-state index contributed by atoms with van der Waals surface area (Å²) in [5.41, 5.74) is 0.853. The monoisotopic (exact) mass is 266 g/mol. The first-order chi connectivity index (χ1) is 8.83. The van der Waals surface area contributed by atoms with Crippen molar-refractivity contribution in [3.63, 3.8) is 0 Å². The highest BCUT2D eigenvalue weighted by Crippen LogP contribution is 2.27. The number of hydrogen-bond donors (Lipinski definition) is 0. The Morgan fingerprint density at radius 2 is 2.39 bits per heavy atom.